The van der Waals surface area contributed by atoms with Crippen molar-refractivity contribution >= 4 is 39.6 Å². The van der Waals surface area contributed by atoms with Crippen molar-refractivity contribution in [1.82, 2.24) is 0 Å². The summed E-state index contributed by atoms with van der Waals surface area (Å²) in [5, 5.41) is 11.0. The Kier molecular flexibility index (Phi) is 4.11. The minimum absolute atomic E-state index is 0.00927. The lowest BCUT2D eigenvalue weighted by Gasteiger charge is -2.25. The van der Waals surface area contributed by atoms with Crippen LogP contribution >= 0.6 is 0 Å². The molecule has 0 aliphatic heterocycles. The Morgan fingerprint density at radius 3 is 2.39 bits per heavy atom. The Hall–Kier alpha value is -3.67. The third-order valence-electron chi connectivity index (χ3n) is 5.23. The van der Waals surface area contributed by atoms with Crippen molar-refractivity contribution < 1.29 is 19.5 Å². The Morgan fingerprint density at radius 1 is 1.00 bits per heavy atom. The van der Waals surface area contributed by atoms with E-state index in [1.807, 2.05) is 0 Å². The molecule has 1 atom stereocenters. The SMILES string of the molecule is CN(C(=O)CC1C(=O)c2cccc3c(O)ccc(c23)C1=O)c1ccccc1N. The molecule has 0 saturated carbocycles. The Balaban J connectivity index is 1.70. The highest BCUT2D eigenvalue weighted by molar-refractivity contribution is 6.30. The highest BCUT2D eigenvalue weighted by atomic mass is 16.3. The lowest BCUT2D eigenvalue weighted by atomic mass is 9.78. The first kappa shape index (κ1) is 17.7. The highest BCUT2D eigenvalue weighted by Gasteiger charge is 2.38. The van der Waals surface area contributed by atoms with Crippen LogP contribution in [0.1, 0.15) is 27.1 Å². The second-order valence-electron chi connectivity index (χ2n) is 6.86. The number of phenolic OH excluding ortho intramolecular Hbond substituents is 1. The normalized spacial score (nSPS) is 15.7. The molecule has 1 amide bonds. The van der Waals surface area contributed by atoms with Crippen LogP contribution in [-0.2, 0) is 4.79 Å². The van der Waals surface area contributed by atoms with Gasteiger partial charge >= 0.3 is 0 Å². The van der Waals surface area contributed by atoms with Gasteiger partial charge in [-0.1, -0.05) is 30.3 Å². The van der Waals surface area contributed by atoms with E-state index in [4.69, 9.17) is 5.73 Å². The van der Waals surface area contributed by atoms with Crippen molar-refractivity contribution in [3.8, 4) is 5.75 Å². The van der Waals surface area contributed by atoms with Gasteiger partial charge in [0.1, 0.15) is 5.75 Å². The zero-order chi connectivity index (χ0) is 20.0. The highest BCUT2D eigenvalue weighted by Crippen LogP contribution is 2.37. The van der Waals surface area contributed by atoms with Crippen molar-refractivity contribution in [3.63, 3.8) is 0 Å². The largest absolute Gasteiger partial charge is 0.507 e. The summed E-state index contributed by atoms with van der Waals surface area (Å²) < 4.78 is 0. The summed E-state index contributed by atoms with van der Waals surface area (Å²) in [6, 6.07) is 14.8. The van der Waals surface area contributed by atoms with Crippen molar-refractivity contribution in [2.45, 2.75) is 6.42 Å². The van der Waals surface area contributed by atoms with Gasteiger partial charge in [0, 0.05) is 35.4 Å². The van der Waals surface area contributed by atoms with Crippen LogP contribution < -0.4 is 10.6 Å². The Morgan fingerprint density at radius 2 is 1.68 bits per heavy atom. The summed E-state index contributed by atoms with van der Waals surface area (Å²) in [5.74, 6) is -2.27. The first-order chi connectivity index (χ1) is 13.4. The van der Waals surface area contributed by atoms with Crippen LogP contribution in [0.4, 0.5) is 11.4 Å². The fraction of sp³-hybridized carbons (Fsp3) is 0.136. The number of amides is 1. The summed E-state index contributed by atoms with van der Waals surface area (Å²) in [6.07, 6.45) is -0.251. The van der Waals surface area contributed by atoms with E-state index in [9.17, 15) is 19.5 Å². The van der Waals surface area contributed by atoms with E-state index in [2.05, 4.69) is 0 Å². The van der Waals surface area contributed by atoms with E-state index in [0.717, 1.165) is 0 Å². The second-order valence-corrected chi connectivity index (χ2v) is 6.86. The molecule has 0 bridgehead atoms. The van der Waals surface area contributed by atoms with Crippen molar-refractivity contribution in [3.05, 3.63) is 65.7 Å². The molecule has 140 valence electrons. The number of hydrogen-bond acceptors (Lipinski definition) is 5. The van der Waals surface area contributed by atoms with Crippen LogP contribution in [0, 0.1) is 5.92 Å². The molecule has 0 heterocycles. The fourth-order valence-electron chi connectivity index (χ4n) is 3.72. The van der Waals surface area contributed by atoms with Crippen LogP contribution in [0.15, 0.2) is 54.6 Å². The average molecular weight is 374 g/mol. The number of aromatic hydroxyl groups is 1. The number of nitrogens with two attached hydrogens (primary N) is 1. The number of hydrogen-bond donors (Lipinski definition) is 2. The van der Waals surface area contributed by atoms with E-state index in [0.29, 0.717) is 33.3 Å². The monoisotopic (exact) mass is 374 g/mol. The van der Waals surface area contributed by atoms with Gasteiger partial charge in [-0.15, -0.1) is 0 Å². The average Bonchev–Trinajstić information content (AvgIpc) is 2.70. The van der Waals surface area contributed by atoms with E-state index in [-0.39, 0.29) is 18.1 Å². The molecule has 0 radical (unpaired) electrons. The van der Waals surface area contributed by atoms with Crippen LogP contribution in [0.3, 0.4) is 0 Å². The Labute approximate surface area is 161 Å². The number of Topliss-reactive ketones (excluding diaryl/α,β-unsaturated/α-hetero) is 2. The first-order valence-corrected chi connectivity index (χ1v) is 8.84. The van der Waals surface area contributed by atoms with Gasteiger partial charge in [-0.25, -0.2) is 0 Å². The summed E-state index contributed by atoms with van der Waals surface area (Å²) in [4.78, 5) is 40.1. The number of carbonyl (C=O) groups is 3. The number of rotatable bonds is 3. The minimum atomic E-state index is -1.09. The quantitative estimate of drug-likeness (QED) is 0.542. The van der Waals surface area contributed by atoms with Crippen LogP contribution in [0.25, 0.3) is 10.8 Å². The molecular weight excluding hydrogens is 356 g/mol. The molecule has 1 aliphatic rings. The van der Waals surface area contributed by atoms with Crippen molar-refractivity contribution in [2.75, 3.05) is 17.7 Å². The summed E-state index contributed by atoms with van der Waals surface area (Å²) >= 11 is 0. The van der Waals surface area contributed by atoms with Crippen LogP contribution in [0.5, 0.6) is 5.75 Å². The molecule has 6 nitrogen and oxygen atoms in total. The number of nitrogen functional groups attached to an aromatic ring is 1. The minimum Gasteiger partial charge on any atom is -0.507 e. The maximum atomic E-state index is 13.0. The number of anilines is 2. The number of nitrogens with zero attached hydrogens (tertiary/aromatic N) is 1. The molecular formula is C22H18N2O4. The van der Waals surface area contributed by atoms with Gasteiger partial charge in [-0.2, -0.15) is 0 Å². The molecule has 3 aromatic rings. The molecule has 1 unspecified atom stereocenters. The zero-order valence-corrected chi connectivity index (χ0v) is 15.2. The second kappa shape index (κ2) is 6.49. The molecule has 0 aromatic heterocycles. The summed E-state index contributed by atoms with van der Waals surface area (Å²) in [6.45, 7) is 0. The number of benzene rings is 3. The van der Waals surface area contributed by atoms with E-state index in [1.165, 1.54) is 17.0 Å². The van der Waals surface area contributed by atoms with Gasteiger partial charge in [-0.3, -0.25) is 14.4 Å². The molecule has 0 saturated heterocycles. The van der Waals surface area contributed by atoms with E-state index >= 15 is 0 Å². The molecule has 4 rings (SSSR count). The molecule has 0 spiro atoms. The number of ketones is 2. The van der Waals surface area contributed by atoms with Gasteiger partial charge in [-0.05, 0) is 24.3 Å². The predicted molar refractivity (Wildman–Crippen MR) is 107 cm³/mol. The van der Waals surface area contributed by atoms with E-state index in [1.54, 1.807) is 49.5 Å². The smallest absolute Gasteiger partial charge is 0.227 e. The summed E-state index contributed by atoms with van der Waals surface area (Å²) in [5.41, 5.74) is 7.58. The molecule has 0 fully saturated rings. The number of para-hydroxylation sites is 2. The third-order valence-corrected chi connectivity index (χ3v) is 5.23. The van der Waals surface area contributed by atoms with Crippen molar-refractivity contribution in [2.24, 2.45) is 5.92 Å². The van der Waals surface area contributed by atoms with Crippen molar-refractivity contribution in [1.29, 1.82) is 0 Å². The fourth-order valence-corrected chi connectivity index (χ4v) is 3.72. The number of phenols is 1. The molecule has 1 aliphatic carbocycles. The van der Waals surface area contributed by atoms with Gasteiger partial charge in [0.25, 0.3) is 0 Å². The molecule has 3 N–H and O–H groups in total. The van der Waals surface area contributed by atoms with Gasteiger partial charge in [0.15, 0.2) is 11.6 Å². The standard InChI is InChI=1S/C22H18N2O4/c1-24(17-8-3-2-7-16(17)23)19(26)11-15-21(27)13-6-4-5-12-18(25)10-9-14(20(12)13)22(15)28/h2-10,15,25H,11,23H2,1H3. The van der Waals surface area contributed by atoms with Gasteiger partial charge in [0.2, 0.25) is 5.91 Å². The molecule has 6 heteroatoms. The van der Waals surface area contributed by atoms with Crippen LogP contribution in [0.2, 0.25) is 0 Å². The summed E-state index contributed by atoms with van der Waals surface area (Å²) in [7, 11) is 1.57. The lowest BCUT2D eigenvalue weighted by molar-refractivity contribution is -0.118. The van der Waals surface area contributed by atoms with Gasteiger partial charge < -0.3 is 15.7 Å². The lowest BCUT2D eigenvalue weighted by Crippen LogP contribution is -2.36. The third kappa shape index (κ3) is 2.62. The van der Waals surface area contributed by atoms with Crippen LogP contribution in [-0.4, -0.2) is 29.6 Å². The Bertz CT molecular complexity index is 1130. The predicted octanol–water partition coefficient (Wildman–Crippen LogP) is 3.18. The maximum Gasteiger partial charge on any atom is 0.227 e. The molecule has 3 aromatic carbocycles. The first-order valence-electron chi connectivity index (χ1n) is 8.84. The zero-order valence-electron chi connectivity index (χ0n) is 15.2. The number of carbonyl (C=O) groups excluding carboxylic acids is 3. The topological polar surface area (TPSA) is 101 Å². The maximum absolute atomic E-state index is 13.0. The van der Waals surface area contributed by atoms with Gasteiger partial charge in [0.05, 0.1) is 17.3 Å². The van der Waals surface area contributed by atoms with E-state index < -0.39 is 17.5 Å². The molecule has 28 heavy (non-hydrogen) atoms.